The quantitative estimate of drug-likeness (QED) is 0.511. The van der Waals surface area contributed by atoms with Crippen molar-refractivity contribution in [3.63, 3.8) is 0 Å². The van der Waals surface area contributed by atoms with Crippen LogP contribution >= 0.6 is 0 Å². The molecule has 0 amide bonds. The van der Waals surface area contributed by atoms with E-state index >= 15 is 0 Å². The fourth-order valence-electron chi connectivity index (χ4n) is 3.28. The molecule has 146 valence electrons. The maximum Gasteiger partial charge on any atom is 4.00 e. The number of aromatic nitrogens is 1. The van der Waals surface area contributed by atoms with Gasteiger partial charge >= 0.3 is 26.2 Å². The van der Waals surface area contributed by atoms with Crippen molar-refractivity contribution in [2.45, 2.75) is 46.5 Å². The van der Waals surface area contributed by atoms with Gasteiger partial charge in [0.1, 0.15) is 0 Å². The van der Waals surface area contributed by atoms with E-state index in [1.165, 1.54) is 52.6 Å². The zero-order chi connectivity index (χ0) is 17.6. The summed E-state index contributed by atoms with van der Waals surface area (Å²) >= 11 is 0. The number of fused-ring (bicyclic) bond motifs is 1. The van der Waals surface area contributed by atoms with Crippen LogP contribution in [0.3, 0.4) is 0 Å². The molecular formula is C24H27F2NZr. The molecule has 0 fully saturated rings. The number of hydrogen-bond acceptors (Lipinski definition) is 0. The van der Waals surface area contributed by atoms with Gasteiger partial charge in [-0.05, 0) is 31.2 Å². The van der Waals surface area contributed by atoms with Crippen LogP contribution in [0.4, 0.5) is 0 Å². The van der Waals surface area contributed by atoms with Crippen molar-refractivity contribution in [1.29, 1.82) is 0 Å². The molecule has 0 aliphatic heterocycles. The van der Waals surface area contributed by atoms with Gasteiger partial charge in [-0.25, -0.2) is 11.6 Å². The third kappa shape index (κ3) is 6.74. The van der Waals surface area contributed by atoms with Crippen LogP contribution in [0.2, 0.25) is 0 Å². The number of unbranched alkanes of at least 4 members (excludes halogenated alkanes) is 1. The van der Waals surface area contributed by atoms with Crippen molar-refractivity contribution >= 4 is 10.8 Å². The summed E-state index contributed by atoms with van der Waals surface area (Å²) in [7, 11) is 0. The largest absolute Gasteiger partial charge is 4.00 e. The van der Waals surface area contributed by atoms with Gasteiger partial charge in [-0.3, -0.25) is 6.08 Å². The first kappa shape index (κ1) is 26.3. The smallest absolute Gasteiger partial charge is 1.00 e. The predicted octanol–water partition coefficient (Wildman–Crippen LogP) is 0.838. The maximum absolute atomic E-state index is 3.30. The molecule has 1 aliphatic rings. The number of allylic oxidation sites excluding steroid dienone is 4. The first-order chi connectivity index (χ1) is 12.2. The van der Waals surface area contributed by atoms with E-state index in [0.29, 0.717) is 0 Å². The summed E-state index contributed by atoms with van der Waals surface area (Å²) in [5, 5.41) is 2.62. The van der Waals surface area contributed by atoms with Crippen molar-refractivity contribution in [3.05, 3.63) is 83.7 Å². The van der Waals surface area contributed by atoms with Gasteiger partial charge < -0.3 is 14.0 Å². The van der Waals surface area contributed by atoms with E-state index in [-0.39, 0.29) is 35.6 Å². The minimum absolute atomic E-state index is 0. The Balaban J connectivity index is 0.000000533. The molecule has 1 heterocycles. The van der Waals surface area contributed by atoms with Crippen molar-refractivity contribution < 1.29 is 35.6 Å². The van der Waals surface area contributed by atoms with Crippen molar-refractivity contribution in [2.75, 3.05) is 0 Å². The number of rotatable bonds is 4. The van der Waals surface area contributed by atoms with Crippen LogP contribution < -0.4 is 9.41 Å². The van der Waals surface area contributed by atoms with E-state index in [0.717, 1.165) is 6.42 Å². The Bertz CT molecular complexity index is 869. The average Bonchev–Trinajstić information content (AvgIpc) is 3.32. The van der Waals surface area contributed by atoms with Crippen molar-refractivity contribution in [3.8, 4) is 5.69 Å². The molecule has 0 atom stereocenters. The molecule has 0 radical (unpaired) electrons. The second-order valence-corrected chi connectivity index (χ2v) is 6.78. The molecule has 1 nitrogen and oxygen atoms in total. The Morgan fingerprint density at radius 1 is 1.11 bits per heavy atom. The molecule has 28 heavy (non-hydrogen) atoms. The van der Waals surface area contributed by atoms with Gasteiger partial charge in [0.25, 0.3) is 0 Å². The van der Waals surface area contributed by atoms with Crippen LogP contribution in [-0.2, 0) is 26.2 Å². The van der Waals surface area contributed by atoms with Gasteiger partial charge in [-0.15, -0.1) is 47.5 Å². The molecule has 0 unspecified atom stereocenters. The first-order valence-electron chi connectivity index (χ1n) is 9.25. The molecular weight excluding hydrogens is 431 g/mol. The summed E-state index contributed by atoms with van der Waals surface area (Å²) in [4.78, 5) is 0. The zero-order valence-electron chi connectivity index (χ0n) is 16.8. The number of hydrogen-bond donors (Lipinski definition) is 0. The van der Waals surface area contributed by atoms with Crippen molar-refractivity contribution in [2.24, 2.45) is 0 Å². The minimum atomic E-state index is 0. The standard InChI is InChI=1S/C15H14N.C9H13.2FH.Zr/c1-11-7-12(2)16(10-11)15-8-13-5-3-4-6-14(13)9-15;1-2-3-6-9-7-4-5-8-9;;;/h3-10H,1-2H3;4,7H,2-3,5-6H2,1H3;2*1H;/q2*-1;;;+4/p-2. The van der Waals surface area contributed by atoms with Crippen LogP contribution in [0.25, 0.3) is 16.5 Å². The van der Waals surface area contributed by atoms with Crippen LogP contribution in [-0.4, -0.2) is 4.57 Å². The number of benzene rings is 1. The van der Waals surface area contributed by atoms with E-state index in [4.69, 9.17) is 0 Å². The third-order valence-corrected chi connectivity index (χ3v) is 4.60. The SMILES string of the molecule is CCCCC1=[C-]CC=C1.Cc1cc(C)n(-c2cc3ccccc3[cH-]2)c1.[F-].[F-].[Zr+4]. The van der Waals surface area contributed by atoms with E-state index in [9.17, 15) is 0 Å². The molecule has 2 aromatic carbocycles. The van der Waals surface area contributed by atoms with E-state index in [1.54, 1.807) is 0 Å². The van der Waals surface area contributed by atoms with Gasteiger partial charge in [0, 0.05) is 11.9 Å². The van der Waals surface area contributed by atoms with Gasteiger partial charge in [0.05, 0.1) is 0 Å². The van der Waals surface area contributed by atoms with E-state index < -0.39 is 0 Å². The summed E-state index contributed by atoms with van der Waals surface area (Å²) in [5.74, 6) is 0. The molecule has 0 spiro atoms. The van der Waals surface area contributed by atoms with Crippen LogP contribution in [0.5, 0.6) is 0 Å². The Kier molecular flexibility index (Phi) is 12.0. The summed E-state index contributed by atoms with van der Waals surface area (Å²) in [6.45, 7) is 6.50. The van der Waals surface area contributed by atoms with E-state index in [2.05, 4.69) is 92.2 Å². The molecule has 0 bridgehead atoms. The topological polar surface area (TPSA) is 4.93 Å². The second-order valence-electron chi connectivity index (χ2n) is 6.78. The zero-order valence-corrected chi connectivity index (χ0v) is 19.3. The Hall–Kier alpha value is -1.67. The van der Waals surface area contributed by atoms with Gasteiger partial charge in [0.2, 0.25) is 0 Å². The molecule has 0 saturated carbocycles. The molecule has 1 aromatic heterocycles. The fourth-order valence-corrected chi connectivity index (χ4v) is 3.28. The second kappa shape index (κ2) is 12.7. The molecule has 4 heteroatoms. The van der Waals surface area contributed by atoms with Gasteiger partial charge in [0.15, 0.2) is 0 Å². The molecule has 0 saturated heterocycles. The first-order valence-corrected chi connectivity index (χ1v) is 9.25. The average molecular weight is 459 g/mol. The van der Waals surface area contributed by atoms with Crippen LogP contribution in [0.15, 0.2) is 66.4 Å². The third-order valence-electron chi connectivity index (χ3n) is 4.60. The summed E-state index contributed by atoms with van der Waals surface area (Å²) in [6, 6.07) is 15.2. The normalized spacial score (nSPS) is 11.6. The van der Waals surface area contributed by atoms with Crippen molar-refractivity contribution in [1.82, 2.24) is 4.57 Å². The maximum atomic E-state index is 3.30. The summed E-state index contributed by atoms with van der Waals surface area (Å²) in [5.41, 5.74) is 5.26. The molecule has 4 rings (SSSR count). The van der Waals surface area contributed by atoms with Gasteiger partial charge in [-0.2, -0.15) is 6.08 Å². The Morgan fingerprint density at radius 2 is 1.86 bits per heavy atom. The van der Waals surface area contributed by atoms with Gasteiger partial charge in [-0.1, -0.05) is 32.3 Å². The van der Waals surface area contributed by atoms with Crippen LogP contribution in [0.1, 0.15) is 43.9 Å². The van der Waals surface area contributed by atoms with Crippen LogP contribution in [0, 0.1) is 19.9 Å². The fraction of sp³-hybridized carbons (Fsp3) is 0.292. The predicted molar refractivity (Wildman–Crippen MR) is 108 cm³/mol. The Labute approximate surface area is 186 Å². The number of halogens is 2. The summed E-state index contributed by atoms with van der Waals surface area (Å²) in [6.07, 6.45) is 14.7. The molecule has 1 aliphatic carbocycles. The minimum Gasteiger partial charge on any atom is -1.00 e. The molecule has 3 aromatic rings. The molecule has 0 N–H and O–H groups in total. The monoisotopic (exact) mass is 457 g/mol. The number of nitrogens with zero attached hydrogens (tertiary/aromatic N) is 1. The number of aryl methyl sites for hydroxylation is 2. The van der Waals surface area contributed by atoms with E-state index in [1.807, 2.05) is 0 Å². The summed E-state index contributed by atoms with van der Waals surface area (Å²) < 4.78 is 2.25. The Morgan fingerprint density at radius 3 is 2.43 bits per heavy atom.